The molecule has 0 unspecified atom stereocenters. The van der Waals surface area contributed by atoms with Crippen molar-refractivity contribution in [1.82, 2.24) is 0 Å². The number of hydrogen-bond donors (Lipinski definition) is 2. The highest BCUT2D eigenvalue weighted by Crippen LogP contribution is 2.26. The minimum Gasteiger partial charge on any atom is -0.326 e. The van der Waals surface area contributed by atoms with E-state index in [-0.39, 0.29) is 22.9 Å². The summed E-state index contributed by atoms with van der Waals surface area (Å²) in [5, 5.41) is 2.63. The molecule has 0 saturated heterocycles. The minimum atomic E-state index is -3.42. The molecule has 19 heavy (non-hydrogen) atoms. The Hall–Kier alpha value is -1.60. The second-order valence-corrected chi connectivity index (χ2v) is 6.15. The van der Waals surface area contributed by atoms with Crippen LogP contribution < -0.4 is 10.0 Å². The Labute approximate surface area is 116 Å². The second kappa shape index (κ2) is 6.03. The number of nitrogens with one attached hydrogen (secondary N) is 2. The molecular weight excluding hydrogens is 292 g/mol. The number of carbonyl (C=O) groups excluding carboxylic acids is 2. The topological polar surface area (TPSA) is 92.3 Å². The SMILES string of the molecule is CC(=O)CC(=O)Nc1ccc(NS(C)(=O)=O)c(Cl)c1. The Kier molecular flexibility index (Phi) is 4.90. The number of ketones is 1. The van der Waals surface area contributed by atoms with Crippen LogP contribution in [0.4, 0.5) is 11.4 Å². The van der Waals surface area contributed by atoms with E-state index in [4.69, 9.17) is 11.6 Å². The van der Waals surface area contributed by atoms with Crippen LogP contribution in [0.5, 0.6) is 0 Å². The molecule has 104 valence electrons. The first kappa shape index (κ1) is 15.5. The van der Waals surface area contributed by atoms with Crippen LogP contribution in [0.1, 0.15) is 13.3 Å². The van der Waals surface area contributed by atoms with Gasteiger partial charge in [-0.05, 0) is 25.1 Å². The molecule has 0 aliphatic heterocycles. The maximum absolute atomic E-state index is 11.4. The molecule has 0 aliphatic rings. The third-order valence-electron chi connectivity index (χ3n) is 1.96. The van der Waals surface area contributed by atoms with E-state index in [9.17, 15) is 18.0 Å². The zero-order valence-electron chi connectivity index (χ0n) is 10.4. The maximum Gasteiger partial charge on any atom is 0.231 e. The first-order chi connectivity index (χ1) is 8.67. The molecular formula is C11H13ClN2O4S. The van der Waals surface area contributed by atoms with Gasteiger partial charge in [0.05, 0.1) is 23.4 Å². The predicted octanol–water partition coefficient (Wildman–Crippen LogP) is 1.63. The van der Waals surface area contributed by atoms with E-state index < -0.39 is 15.9 Å². The van der Waals surface area contributed by atoms with E-state index in [1.165, 1.54) is 25.1 Å². The standard InChI is InChI=1S/C11H13ClN2O4S/c1-7(15)5-11(16)13-8-3-4-10(9(12)6-8)14-19(2,17)18/h3-4,6,14H,5H2,1-2H3,(H,13,16). The lowest BCUT2D eigenvalue weighted by Gasteiger charge is -2.09. The van der Waals surface area contributed by atoms with Crippen LogP contribution in [0.15, 0.2) is 18.2 Å². The van der Waals surface area contributed by atoms with Crippen LogP contribution in [-0.2, 0) is 19.6 Å². The number of amides is 1. The molecule has 0 spiro atoms. The number of halogens is 1. The summed E-state index contributed by atoms with van der Waals surface area (Å²) in [6.45, 7) is 1.31. The van der Waals surface area contributed by atoms with E-state index in [0.29, 0.717) is 5.69 Å². The van der Waals surface area contributed by atoms with Gasteiger partial charge in [0.25, 0.3) is 0 Å². The highest BCUT2D eigenvalue weighted by atomic mass is 35.5. The summed E-state index contributed by atoms with van der Waals surface area (Å²) in [6, 6.07) is 4.30. The van der Waals surface area contributed by atoms with Crippen molar-refractivity contribution in [2.75, 3.05) is 16.3 Å². The Morgan fingerprint density at radius 3 is 2.42 bits per heavy atom. The number of carbonyl (C=O) groups is 2. The fourth-order valence-corrected chi connectivity index (χ4v) is 2.17. The quantitative estimate of drug-likeness (QED) is 0.809. The maximum atomic E-state index is 11.4. The largest absolute Gasteiger partial charge is 0.326 e. The fraction of sp³-hybridized carbons (Fsp3) is 0.273. The van der Waals surface area contributed by atoms with Crippen LogP contribution in [0.3, 0.4) is 0 Å². The zero-order chi connectivity index (χ0) is 14.6. The molecule has 0 aromatic heterocycles. The monoisotopic (exact) mass is 304 g/mol. The molecule has 1 amide bonds. The van der Waals surface area contributed by atoms with Crippen molar-refractivity contribution in [3.8, 4) is 0 Å². The molecule has 0 atom stereocenters. The highest BCUT2D eigenvalue weighted by molar-refractivity contribution is 7.92. The molecule has 0 aliphatic carbocycles. The Morgan fingerprint density at radius 1 is 1.32 bits per heavy atom. The van der Waals surface area contributed by atoms with Crippen molar-refractivity contribution in [1.29, 1.82) is 0 Å². The van der Waals surface area contributed by atoms with Gasteiger partial charge >= 0.3 is 0 Å². The van der Waals surface area contributed by atoms with E-state index >= 15 is 0 Å². The normalized spacial score (nSPS) is 10.9. The van der Waals surface area contributed by atoms with Crippen LogP contribution >= 0.6 is 11.6 Å². The van der Waals surface area contributed by atoms with Crippen molar-refractivity contribution in [3.63, 3.8) is 0 Å². The summed E-state index contributed by atoms with van der Waals surface area (Å²) >= 11 is 5.88. The lowest BCUT2D eigenvalue weighted by atomic mass is 10.2. The predicted molar refractivity (Wildman–Crippen MR) is 73.8 cm³/mol. The van der Waals surface area contributed by atoms with E-state index in [0.717, 1.165) is 6.26 Å². The zero-order valence-corrected chi connectivity index (χ0v) is 11.9. The number of rotatable bonds is 5. The molecule has 0 radical (unpaired) electrons. The fourth-order valence-electron chi connectivity index (χ4n) is 1.31. The summed E-state index contributed by atoms with van der Waals surface area (Å²) in [5.74, 6) is -0.702. The van der Waals surface area contributed by atoms with Gasteiger partial charge in [-0.25, -0.2) is 8.42 Å². The van der Waals surface area contributed by atoms with Gasteiger partial charge in [0, 0.05) is 5.69 Å². The van der Waals surface area contributed by atoms with Gasteiger partial charge in [0.1, 0.15) is 5.78 Å². The smallest absolute Gasteiger partial charge is 0.231 e. The van der Waals surface area contributed by atoms with Crippen molar-refractivity contribution >= 4 is 44.7 Å². The summed E-state index contributed by atoms with van der Waals surface area (Å²) in [7, 11) is -3.42. The van der Waals surface area contributed by atoms with Gasteiger partial charge < -0.3 is 5.32 Å². The molecule has 1 rings (SSSR count). The second-order valence-electron chi connectivity index (χ2n) is 4.00. The third kappa shape index (κ3) is 5.71. The number of Topliss-reactive ketones (excluding diaryl/α,β-unsaturated/α-hetero) is 1. The lowest BCUT2D eigenvalue weighted by molar-refractivity contribution is -0.124. The molecule has 0 heterocycles. The Morgan fingerprint density at radius 2 is 1.95 bits per heavy atom. The molecule has 6 nitrogen and oxygen atoms in total. The molecule has 2 N–H and O–H groups in total. The summed E-state index contributed by atoms with van der Waals surface area (Å²) < 4.78 is 24.4. The van der Waals surface area contributed by atoms with Gasteiger partial charge in [0.2, 0.25) is 15.9 Å². The van der Waals surface area contributed by atoms with E-state index in [1.807, 2.05) is 0 Å². The molecule has 0 saturated carbocycles. The van der Waals surface area contributed by atoms with E-state index in [1.54, 1.807) is 0 Å². The summed E-state index contributed by atoms with van der Waals surface area (Å²) in [4.78, 5) is 22.1. The van der Waals surface area contributed by atoms with Gasteiger partial charge in [-0.15, -0.1) is 0 Å². The number of hydrogen-bond acceptors (Lipinski definition) is 4. The van der Waals surface area contributed by atoms with Gasteiger partial charge in [0.15, 0.2) is 0 Å². The number of sulfonamides is 1. The average molecular weight is 305 g/mol. The molecule has 1 aromatic rings. The molecule has 0 bridgehead atoms. The van der Waals surface area contributed by atoms with Crippen molar-refractivity contribution in [3.05, 3.63) is 23.2 Å². The average Bonchev–Trinajstić information content (AvgIpc) is 2.19. The van der Waals surface area contributed by atoms with E-state index in [2.05, 4.69) is 10.0 Å². The van der Waals surface area contributed by atoms with Gasteiger partial charge in [-0.1, -0.05) is 11.6 Å². The molecule has 0 fully saturated rings. The van der Waals surface area contributed by atoms with Crippen molar-refractivity contribution in [2.45, 2.75) is 13.3 Å². The van der Waals surface area contributed by atoms with Gasteiger partial charge in [-0.3, -0.25) is 14.3 Å². The molecule has 1 aromatic carbocycles. The van der Waals surface area contributed by atoms with Crippen LogP contribution in [-0.4, -0.2) is 26.4 Å². The number of benzene rings is 1. The molecule has 8 heteroatoms. The Balaban J connectivity index is 2.82. The minimum absolute atomic E-state index is 0.144. The summed E-state index contributed by atoms with van der Waals surface area (Å²) in [6.07, 6.45) is 0.785. The van der Waals surface area contributed by atoms with Crippen LogP contribution in [0.2, 0.25) is 5.02 Å². The first-order valence-corrected chi connectivity index (χ1v) is 7.51. The third-order valence-corrected chi connectivity index (χ3v) is 2.86. The lowest BCUT2D eigenvalue weighted by Crippen LogP contribution is -2.15. The Bertz CT molecular complexity index is 613. The van der Waals surface area contributed by atoms with Crippen molar-refractivity contribution in [2.24, 2.45) is 0 Å². The van der Waals surface area contributed by atoms with Crippen molar-refractivity contribution < 1.29 is 18.0 Å². The number of anilines is 2. The highest BCUT2D eigenvalue weighted by Gasteiger charge is 2.09. The van der Waals surface area contributed by atoms with Crippen LogP contribution in [0.25, 0.3) is 0 Å². The first-order valence-electron chi connectivity index (χ1n) is 5.24. The van der Waals surface area contributed by atoms with Crippen LogP contribution in [0, 0.1) is 0 Å². The summed E-state index contributed by atoms with van der Waals surface area (Å²) in [5.41, 5.74) is 0.601. The van der Waals surface area contributed by atoms with Gasteiger partial charge in [-0.2, -0.15) is 0 Å².